The van der Waals surface area contributed by atoms with Crippen LogP contribution in [0.5, 0.6) is 5.75 Å². The maximum Gasteiger partial charge on any atom is 0.246 e. The fourth-order valence-electron chi connectivity index (χ4n) is 4.18. The fourth-order valence-corrected chi connectivity index (χ4v) is 5.79. The molecule has 7 nitrogen and oxygen atoms in total. The molecule has 0 spiro atoms. The Morgan fingerprint density at radius 2 is 1.63 bits per heavy atom. The number of ether oxygens (including phenoxy) is 2. The minimum absolute atomic E-state index is 0.0494. The summed E-state index contributed by atoms with van der Waals surface area (Å²) in [5.41, 5.74) is 2.72. The van der Waals surface area contributed by atoms with Gasteiger partial charge in [0.2, 0.25) is 15.9 Å². The Hall–Kier alpha value is -3.20. The van der Waals surface area contributed by atoms with E-state index in [0.29, 0.717) is 25.2 Å². The molecule has 0 radical (unpaired) electrons. The Kier molecular flexibility index (Phi) is 8.17. The number of nitrogens with zero attached hydrogens (tertiary/aromatic N) is 1. The molecule has 3 aromatic rings. The van der Waals surface area contributed by atoms with Crippen LogP contribution in [0.15, 0.2) is 83.8 Å². The van der Waals surface area contributed by atoms with Gasteiger partial charge in [-0.05, 0) is 35.2 Å². The van der Waals surface area contributed by atoms with Crippen LogP contribution in [0.3, 0.4) is 0 Å². The van der Waals surface area contributed by atoms with E-state index in [9.17, 15) is 13.2 Å². The van der Waals surface area contributed by atoms with Crippen molar-refractivity contribution >= 4 is 15.9 Å². The lowest BCUT2D eigenvalue weighted by Gasteiger charge is -2.27. The zero-order valence-electron chi connectivity index (χ0n) is 19.7. The molecule has 1 atom stereocenters. The summed E-state index contributed by atoms with van der Waals surface area (Å²) in [7, 11) is -2.33. The summed E-state index contributed by atoms with van der Waals surface area (Å²) in [5, 5.41) is 3.13. The number of amides is 1. The standard InChI is InChI=1S/C27H30N2O5S/c1-33-25-13-12-22(19-26(25)35(31,32)29-14-16-34-17-15-29)20-27(30)28-24(23-10-6-3-7-11-23)18-21-8-4-2-5-9-21/h2-13,19,24H,14-18,20H2,1H3,(H,28,30). The summed E-state index contributed by atoms with van der Waals surface area (Å²) in [5.74, 6) is 0.0709. The second kappa shape index (κ2) is 11.5. The highest BCUT2D eigenvalue weighted by Crippen LogP contribution is 2.29. The zero-order chi connectivity index (χ0) is 24.7. The van der Waals surface area contributed by atoms with Gasteiger partial charge < -0.3 is 14.8 Å². The molecular weight excluding hydrogens is 464 g/mol. The maximum atomic E-state index is 13.3. The van der Waals surface area contributed by atoms with Crippen LogP contribution in [0.25, 0.3) is 0 Å². The molecule has 3 aromatic carbocycles. The summed E-state index contributed by atoms with van der Waals surface area (Å²) in [4.78, 5) is 13.2. The van der Waals surface area contributed by atoms with Crippen molar-refractivity contribution in [1.82, 2.24) is 9.62 Å². The van der Waals surface area contributed by atoms with Gasteiger partial charge in [-0.1, -0.05) is 66.7 Å². The second-order valence-electron chi connectivity index (χ2n) is 8.40. The molecule has 1 amide bonds. The van der Waals surface area contributed by atoms with Crippen molar-refractivity contribution in [2.45, 2.75) is 23.8 Å². The lowest BCUT2D eigenvalue weighted by atomic mass is 9.98. The van der Waals surface area contributed by atoms with Crippen LogP contribution in [-0.2, 0) is 32.4 Å². The molecule has 1 unspecified atom stereocenters. The van der Waals surface area contributed by atoms with E-state index >= 15 is 0 Å². The van der Waals surface area contributed by atoms with Gasteiger partial charge in [0.15, 0.2) is 0 Å². The summed E-state index contributed by atoms with van der Waals surface area (Å²) in [6.07, 6.45) is 0.698. The SMILES string of the molecule is COc1ccc(CC(=O)NC(Cc2ccccc2)c2ccccc2)cc1S(=O)(=O)N1CCOCC1. The highest BCUT2D eigenvalue weighted by Gasteiger charge is 2.29. The summed E-state index contributed by atoms with van der Waals surface area (Å²) >= 11 is 0. The van der Waals surface area contributed by atoms with Gasteiger partial charge in [-0.25, -0.2) is 8.42 Å². The van der Waals surface area contributed by atoms with Crippen molar-refractivity contribution in [3.8, 4) is 5.75 Å². The number of hydrogen-bond donors (Lipinski definition) is 1. The molecule has 0 aliphatic carbocycles. The molecule has 35 heavy (non-hydrogen) atoms. The van der Waals surface area contributed by atoms with Crippen LogP contribution in [0, 0.1) is 0 Å². The quantitative estimate of drug-likeness (QED) is 0.493. The van der Waals surface area contributed by atoms with Gasteiger partial charge in [-0.15, -0.1) is 0 Å². The summed E-state index contributed by atoms with van der Waals surface area (Å²) in [6, 6.07) is 24.5. The topological polar surface area (TPSA) is 84.9 Å². The predicted molar refractivity (Wildman–Crippen MR) is 134 cm³/mol. The number of carbonyl (C=O) groups is 1. The van der Waals surface area contributed by atoms with Crippen molar-refractivity contribution in [3.05, 3.63) is 95.6 Å². The number of methoxy groups -OCH3 is 1. The first-order valence-electron chi connectivity index (χ1n) is 11.6. The number of benzene rings is 3. The van der Waals surface area contributed by atoms with E-state index in [1.54, 1.807) is 12.1 Å². The van der Waals surface area contributed by atoms with Gasteiger partial charge in [-0.2, -0.15) is 4.31 Å². The van der Waals surface area contributed by atoms with Gasteiger partial charge in [0.05, 0.1) is 32.8 Å². The summed E-state index contributed by atoms with van der Waals surface area (Å²) in [6.45, 7) is 1.28. The first-order chi connectivity index (χ1) is 17.0. The Bertz CT molecular complexity index is 1230. The van der Waals surface area contributed by atoms with Crippen LogP contribution in [0.2, 0.25) is 0 Å². The molecule has 0 aromatic heterocycles. The van der Waals surface area contributed by atoms with Crippen molar-refractivity contribution in [3.63, 3.8) is 0 Å². The molecule has 1 fully saturated rings. The van der Waals surface area contributed by atoms with Crippen molar-refractivity contribution in [2.24, 2.45) is 0 Å². The molecule has 0 saturated carbocycles. The molecule has 1 saturated heterocycles. The van der Waals surface area contributed by atoms with E-state index < -0.39 is 10.0 Å². The number of morpholine rings is 1. The number of carbonyl (C=O) groups excluding carboxylic acids is 1. The number of rotatable bonds is 9. The van der Waals surface area contributed by atoms with Crippen LogP contribution >= 0.6 is 0 Å². The minimum atomic E-state index is -3.77. The molecule has 8 heteroatoms. The Labute approximate surface area is 206 Å². The lowest BCUT2D eigenvalue weighted by Crippen LogP contribution is -2.40. The van der Waals surface area contributed by atoms with Gasteiger partial charge in [0.25, 0.3) is 0 Å². The average Bonchev–Trinajstić information content (AvgIpc) is 2.90. The third-order valence-electron chi connectivity index (χ3n) is 6.00. The van der Waals surface area contributed by atoms with E-state index in [2.05, 4.69) is 5.32 Å². The Morgan fingerprint density at radius 3 is 2.29 bits per heavy atom. The molecule has 184 valence electrons. The minimum Gasteiger partial charge on any atom is -0.495 e. The number of sulfonamides is 1. The number of hydrogen-bond acceptors (Lipinski definition) is 5. The van der Waals surface area contributed by atoms with E-state index in [1.165, 1.54) is 17.5 Å². The average molecular weight is 495 g/mol. The highest BCUT2D eigenvalue weighted by atomic mass is 32.2. The molecule has 1 heterocycles. The van der Waals surface area contributed by atoms with Crippen molar-refractivity contribution in [2.75, 3.05) is 33.4 Å². The monoisotopic (exact) mass is 494 g/mol. The van der Waals surface area contributed by atoms with Crippen molar-refractivity contribution in [1.29, 1.82) is 0 Å². The third kappa shape index (κ3) is 6.28. The molecule has 1 aliphatic rings. The highest BCUT2D eigenvalue weighted by molar-refractivity contribution is 7.89. The van der Waals surface area contributed by atoms with Gasteiger partial charge >= 0.3 is 0 Å². The first-order valence-corrected chi connectivity index (χ1v) is 13.0. The predicted octanol–water partition coefficient (Wildman–Crippen LogP) is 3.36. The summed E-state index contributed by atoms with van der Waals surface area (Å²) < 4.78 is 38.5. The Morgan fingerprint density at radius 1 is 0.971 bits per heavy atom. The molecule has 4 rings (SSSR count). The fraction of sp³-hybridized carbons (Fsp3) is 0.296. The third-order valence-corrected chi connectivity index (χ3v) is 7.92. The van der Waals surface area contributed by atoms with Crippen molar-refractivity contribution < 1.29 is 22.7 Å². The normalized spacial score (nSPS) is 15.3. The number of nitrogens with one attached hydrogen (secondary N) is 1. The van der Waals surface area contributed by atoms with Crippen LogP contribution < -0.4 is 10.1 Å². The van der Waals surface area contributed by atoms with Crippen LogP contribution in [-0.4, -0.2) is 52.0 Å². The second-order valence-corrected chi connectivity index (χ2v) is 10.3. The van der Waals surface area contributed by atoms with Gasteiger partial charge in [0, 0.05) is 13.1 Å². The van der Waals surface area contributed by atoms with Crippen LogP contribution in [0.4, 0.5) is 0 Å². The van der Waals surface area contributed by atoms with E-state index in [1.807, 2.05) is 60.7 Å². The first kappa shape index (κ1) is 24.9. The van der Waals surface area contributed by atoms with E-state index in [0.717, 1.165) is 11.1 Å². The van der Waals surface area contributed by atoms with Gasteiger partial charge in [-0.3, -0.25) is 4.79 Å². The molecular formula is C27H30N2O5S. The largest absolute Gasteiger partial charge is 0.495 e. The van der Waals surface area contributed by atoms with Gasteiger partial charge in [0.1, 0.15) is 10.6 Å². The molecule has 1 N–H and O–H groups in total. The molecule has 1 aliphatic heterocycles. The maximum absolute atomic E-state index is 13.3. The lowest BCUT2D eigenvalue weighted by molar-refractivity contribution is -0.121. The van der Waals surface area contributed by atoms with E-state index in [-0.39, 0.29) is 42.1 Å². The molecule has 0 bridgehead atoms. The Balaban J connectivity index is 1.53. The smallest absolute Gasteiger partial charge is 0.246 e. The van der Waals surface area contributed by atoms with Crippen LogP contribution in [0.1, 0.15) is 22.7 Å². The zero-order valence-corrected chi connectivity index (χ0v) is 20.5. The van der Waals surface area contributed by atoms with E-state index in [4.69, 9.17) is 9.47 Å².